The van der Waals surface area contributed by atoms with Crippen LogP contribution in [0.1, 0.15) is 31.1 Å². The topological polar surface area (TPSA) is 61.8 Å². The van der Waals surface area contributed by atoms with Crippen molar-refractivity contribution in [3.63, 3.8) is 0 Å². The third-order valence-corrected chi connectivity index (χ3v) is 2.82. The first kappa shape index (κ1) is 18.3. The Morgan fingerprint density at radius 1 is 1.05 bits per heavy atom. The number of carbonyl (C=O) groups is 2. The maximum Gasteiger partial charge on any atom is 0.165 e. The summed E-state index contributed by atoms with van der Waals surface area (Å²) in [6.45, 7) is 6.97. The maximum absolute atomic E-state index is 11.9. The van der Waals surface area contributed by atoms with Crippen molar-refractivity contribution in [1.82, 2.24) is 0 Å². The van der Waals surface area contributed by atoms with E-state index in [0.717, 1.165) is 0 Å². The molecule has 5 heteroatoms. The second kappa shape index (κ2) is 10.1. The van der Waals surface area contributed by atoms with E-state index < -0.39 is 0 Å². The molecule has 0 fully saturated rings. The standard InChI is InChI=1S/C17H24O5/c1-13(2)17(19)15-5-4-6-16(11-15)22-10-9-20-7-8-21-12-14(3)18/h4-6,11,13H,7-10,12H2,1-3H3. The van der Waals surface area contributed by atoms with Gasteiger partial charge in [0.1, 0.15) is 19.0 Å². The summed E-state index contributed by atoms with van der Waals surface area (Å²) in [6, 6.07) is 7.16. The molecule has 1 aromatic rings. The lowest BCUT2D eigenvalue weighted by Gasteiger charge is -2.09. The van der Waals surface area contributed by atoms with E-state index in [0.29, 0.717) is 37.7 Å². The van der Waals surface area contributed by atoms with Crippen molar-refractivity contribution < 1.29 is 23.8 Å². The van der Waals surface area contributed by atoms with Crippen molar-refractivity contribution in [2.75, 3.05) is 33.0 Å². The van der Waals surface area contributed by atoms with Crippen LogP contribution in [0.2, 0.25) is 0 Å². The molecule has 0 aliphatic rings. The summed E-state index contributed by atoms with van der Waals surface area (Å²) < 4.78 is 15.9. The van der Waals surface area contributed by atoms with Gasteiger partial charge in [-0.25, -0.2) is 0 Å². The Morgan fingerprint density at radius 3 is 2.41 bits per heavy atom. The zero-order valence-electron chi connectivity index (χ0n) is 13.5. The van der Waals surface area contributed by atoms with Crippen LogP contribution in [-0.2, 0) is 14.3 Å². The van der Waals surface area contributed by atoms with Crippen LogP contribution < -0.4 is 4.74 Å². The van der Waals surface area contributed by atoms with E-state index in [2.05, 4.69) is 0 Å². The number of hydrogen-bond acceptors (Lipinski definition) is 5. The monoisotopic (exact) mass is 308 g/mol. The Balaban J connectivity index is 2.21. The van der Waals surface area contributed by atoms with Crippen molar-refractivity contribution >= 4 is 11.6 Å². The van der Waals surface area contributed by atoms with E-state index in [1.54, 1.807) is 18.2 Å². The summed E-state index contributed by atoms with van der Waals surface area (Å²) >= 11 is 0. The lowest BCUT2D eigenvalue weighted by molar-refractivity contribution is -0.122. The number of benzene rings is 1. The number of Topliss-reactive ketones (excluding diaryl/α,β-unsaturated/α-hetero) is 2. The van der Waals surface area contributed by atoms with E-state index in [1.165, 1.54) is 6.92 Å². The highest BCUT2D eigenvalue weighted by molar-refractivity contribution is 5.97. The highest BCUT2D eigenvalue weighted by Gasteiger charge is 2.10. The highest BCUT2D eigenvalue weighted by Crippen LogP contribution is 2.16. The number of rotatable bonds is 11. The first-order valence-electron chi connectivity index (χ1n) is 7.42. The van der Waals surface area contributed by atoms with Crippen molar-refractivity contribution in [1.29, 1.82) is 0 Å². The largest absolute Gasteiger partial charge is 0.491 e. The van der Waals surface area contributed by atoms with Gasteiger partial charge in [-0.15, -0.1) is 0 Å². The molecule has 0 N–H and O–H groups in total. The van der Waals surface area contributed by atoms with Crippen LogP contribution in [0.25, 0.3) is 0 Å². The fourth-order valence-electron chi connectivity index (χ4n) is 1.73. The molecule has 0 heterocycles. The Kier molecular flexibility index (Phi) is 8.40. The zero-order chi connectivity index (χ0) is 16.4. The summed E-state index contributed by atoms with van der Waals surface area (Å²) in [5, 5.41) is 0. The molecule has 0 saturated carbocycles. The van der Waals surface area contributed by atoms with Gasteiger partial charge < -0.3 is 14.2 Å². The van der Waals surface area contributed by atoms with E-state index in [4.69, 9.17) is 14.2 Å². The van der Waals surface area contributed by atoms with Crippen LogP contribution in [0.4, 0.5) is 0 Å². The first-order chi connectivity index (χ1) is 10.5. The van der Waals surface area contributed by atoms with E-state index in [-0.39, 0.29) is 24.1 Å². The Hall–Kier alpha value is -1.72. The van der Waals surface area contributed by atoms with E-state index in [1.807, 2.05) is 19.9 Å². The van der Waals surface area contributed by atoms with Crippen LogP contribution >= 0.6 is 0 Å². The minimum atomic E-state index is -0.0337. The molecule has 5 nitrogen and oxygen atoms in total. The van der Waals surface area contributed by atoms with E-state index >= 15 is 0 Å². The molecule has 0 bridgehead atoms. The van der Waals surface area contributed by atoms with Gasteiger partial charge in [0.05, 0.1) is 19.8 Å². The van der Waals surface area contributed by atoms with Gasteiger partial charge in [0, 0.05) is 11.5 Å². The van der Waals surface area contributed by atoms with Gasteiger partial charge in [0.2, 0.25) is 0 Å². The lowest BCUT2D eigenvalue weighted by atomic mass is 10.0. The average Bonchev–Trinajstić information content (AvgIpc) is 2.49. The van der Waals surface area contributed by atoms with Gasteiger partial charge in [-0.05, 0) is 19.1 Å². The minimum Gasteiger partial charge on any atom is -0.491 e. The SMILES string of the molecule is CC(=O)COCCOCCOc1cccc(C(=O)C(C)C)c1. The number of ether oxygens (including phenoxy) is 3. The lowest BCUT2D eigenvalue weighted by Crippen LogP contribution is -2.13. The summed E-state index contributed by atoms with van der Waals surface area (Å²) in [5.41, 5.74) is 0.658. The molecule has 1 aromatic carbocycles. The number of ketones is 2. The van der Waals surface area contributed by atoms with Gasteiger partial charge in [-0.1, -0.05) is 26.0 Å². The first-order valence-corrected chi connectivity index (χ1v) is 7.42. The summed E-state index contributed by atoms with van der Waals surface area (Å²) in [5.74, 6) is 0.722. The smallest absolute Gasteiger partial charge is 0.165 e. The van der Waals surface area contributed by atoms with Crippen LogP contribution in [-0.4, -0.2) is 44.6 Å². The third-order valence-electron chi connectivity index (χ3n) is 2.82. The summed E-state index contributed by atoms with van der Waals surface area (Å²) in [7, 11) is 0. The molecule has 0 unspecified atom stereocenters. The van der Waals surface area contributed by atoms with E-state index in [9.17, 15) is 9.59 Å². The second-order valence-electron chi connectivity index (χ2n) is 5.26. The predicted octanol–water partition coefficient (Wildman–Crippen LogP) is 2.53. The highest BCUT2D eigenvalue weighted by atomic mass is 16.5. The quantitative estimate of drug-likeness (QED) is 0.464. The predicted molar refractivity (Wildman–Crippen MR) is 83.4 cm³/mol. The maximum atomic E-state index is 11.9. The molecule has 0 aromatic heterocycles. The van der Waals surface area contributed by atoms with Crippen molar-refractivity contribution in [2.45, 2.75) is 20.8 Å². The molecule has 1 rings (SSSR count). The van der Waals surface area contributed by atoms with Gasteiger partial charge in [-0.3, -0.25) is 9.59 Å². The minimum absolute atomic E-state index is 0.000778. The molecular weight excluding hydrogens is 284 g/mol. The third kappa shape index (κ3) is 7.33. The van der Waals surface area contributed by atoms with Crippen molar-refractivity contribution in [3.8, 4) is 5.75 Å². The van der Waals surface area contributed by atoms with Crippen LogP contribution in [0.5, 0.6) is 5.75 Å². The average molecular weight is 308 g/mol. The van der Waals surface area contributed by atoms with Gasteiger partial charge >= 0.3 is 0 Å². The Bertz CT molecular complexity index is 482. The normalized spacial score (nSPS) is 10.7. The molecule has 0 saturated heterocycles. The fraction of sp³-hybridized carbons (Fsp3) is 0.529. The van der Waals surface area contributed by atoms with Crippen molar-refractivity contribution in [3.05, 3.63) is 29.8 Å². The number of hydrogen-bond donors (Lipinski definition) is 0. The van der Waals surface area contributed by atoms with Crippen LogP contribution in [0.15, 0.2) is 24.3 Å². The second-order valence-corrected chi connectivity index (χ2v) is 5.26. The molecule has 0 radical (unpaired) electrons. The summed E-state index contributed by atoms with van der Waals surface area (Å²) in [6.07, 6.45) is 0. The summed E-state index contributed by atoms with van der Waals surface area (Å²) in [4.78, 5) is 22.5. The molecule has 0 aliphatic carbocycles. The zero-order valence-corrected chi connectivity index (χ0v) is 13.5. The molecular formula is C17H24O5. The van der Waals surface area contributed by atoms with Crippen molar-refractivity contribution in [2.24, 2.45) is 5.92 Å². The van der Waals surface area contributed by atoms with Gasteiger partial charge in [0.25, 0.3) is 0 Å². The Labute approximate surface area is 131 Å². The molecule has 0 amide bonds. The molecule has 122 valence electrons. The van der Waals surface area contributed by atoms with Gasteiger partial charge in [-0.2, -0.15) is 0 Å². The molecule has 0 spiro atoms. The van der Waals surface area contributed by atoms with Gasteiger partial charge in [0.15, 0.2) is 11.6 Å². The van der Waals surface area contributed by atoms with Crippen LogP contribution in [0, 0.1) is 5.92 Å². The Morgan fingerprint density at radius 2 is 1.73 bits per heavy atom. The number of carbonyl (C=O) groups excluding carboxylic acids is 2. The molecule has 0 aliphatic heterocycles. The molecule has 0 atom stereocenters. The fourth-order valence-corrected chi connectivity index (χ4v) is 1.73. The molecule has 22 heavy (non-hydrogen) atoms. The van der Waals surface area contributed by atoms with Crippen LogP contribution in [0.3, 0.4) is 0 Å².